The normalized spacial score (nSPS) is 16.0. The number of hydrogen-bond donors (Lipinski definition) is 6. The average Bonchev–Trinajstić information content (AvgIpc) is 3.63. The van der Waals surface area contributed by atoms with Gasteiger partial charge in [0.25, 0.3) is 5.91 Å². The zero-order valence-corrected chi connectivity index (χ0v) is 32.5. The molecule has 16 heteroatoms. The second-order valence-corrected chi connectivity index (χ2v) is 14.6. The first-order chi connectivity index (χ1) is 27.0. The van der Waals surface area contributed by atoms with Gasteiger partial charge in [0.1, 0.15) is 29.4 Å². The van der Waals surface area contributed by atoms with Crippen molar-refractivity contribution in [2.24, 2.45) is 0 Å². The van der Waals surface area contributed by atoms with Crippen molar-refractivity contribution in [1.29, 1.82) is 0 Å². The van der Waals surface area contributed by atoms with Crippen LogP contribution in [-0.4, -0.2) is 131 Å². The monoisotopic (exact) mass is 772 g/mol. The Balaban J connectivity index is 1.00. The van der Waals surface area contributed by atoms with E-state index in [-0.39, 0.29) is 48.8 Å². The summed E-state index contributed by atoms with van der Waals surface area (Å²) in [6.07, 6.45) is 7.28. The van der Waals surface area contributed by atoms with Crippen LogP contribution in [0.3, 0.4) is 0 Å². The van der Waals surface area contributed by atoms with Gasteiger partial charge in [0, 0.05) is 70.0 Å². The first kappa shape index (κ1) is 42.0. The van der Waals surface area contributed by atoms with E-state index >= 15 is 0 Å². The highest BCUT2D eigenvalue weighted by molar-refractivity contribution is 5.99. The van der Waals surface area contributed by atoms with Gasteiger partial charge in [-0.2, -0.15) is 4.98 Å². The highest BCUT2D eigenvalue weighted by Crippen LogP contribution is 2.25. The number of carbonyl (C=O) groups excluding carboxylic acids is 3. The van der Waals surface area contributed by atoms with E-state index in [1.165, 1.54) is 6.20 Å². The average molecular weight is 773 g/mol. The number of amides is 3. The van der Waals surface area contributed by atoms with Gasteiger partial charge in [-0.1, -0.05) is 25.0 Å². The van der Waals surface area contributed by atoms with Gasteiger partial charge in [-0.15, -0.1) is 6.58 Å². The number of rotatable bonds is 20. The van der Waals surface area contributed by atoms with Gasteiger partial charge in [0.05, 0.1) is 18.3 Å². The van der Waals surface area contributed by atoms with E-state index in [0.29, 0.717) is 43.6 Å². The van der Waals surface area contributed by atoms with Crippen molar-refractivity contribution >= 4 is 46.7 Å². The number of likely N-dealkylation sites (tertiary alicyclic amines) is 1. The second-order valence-electron chi connectivity index (χ2n) is 14.6. The number of benzene rings is 1. The van der Waals surface area contributed by atoms with E-state index in [9.17, 15) is 24.6 Å². The summed E-state index contributed by atoms with van der Waals surface area (Å²) in [5.41, 5.74) is 1.49. The van der Waals surface area contributed by atoms with Crippen molar-refractivity contribution in [2.75, 3.05) is 87.7 Å². The van der Waals surface area contributed by atoms with Crippen LogP contribution in [0.2, 0.25) is 0 Å². The molecule has 0 bridgehead atoms. The third kappa shape index (κ3) is 13.0. The van der Waals surface area contributed by atoms with Crippen molar-refractivity contribution in [3.05, 3.63) is 72.6 Å². The summed E-state index contributed by atoms with van der Waals surface area (Å²) < 4.78 is 5.49. The summed E-state index contributed by atoms with van der Waals surface area (Å²) in [5, 5.41) is 31.7. The molecule has 3 amide bonds. The van der Waals surface area contributed by atoms with E-state index < -0.39 is 11.7 Å². The molecule has 2 aliphatic rings. The van der Waals surface area contributed by atoms with Crippen LogP contribution in [0, 0.1) is 0 Å². The van der Waals surface area contributed by atoms with Gasteiger partial charge in [0.15, 0.2) is 0 Å². The lowest BCUT2D eigenvalue weighted by molar-refractivity contribution is -0.133. The van der Waals surface area contributed by atoms with Crippen LogP contribution in [0.5, 0.6) is 0 Å². The molecule has 0 saturated carbocycles. The fourth-order valence-corrected chi connectivity index (χ4v) is 6.41. The molecular weight excluding hydrogens is 717 g/mol. The molecule has 4 heterocycles. The molecule has 302 valence electrons. The minimum absolute atomic E-state index is 0.0571. The maximum absolute atomic E-state index is 12.9. The van der Waals surface area contributed by atoms with Gasteiger partial charge in [-0.05, 0) is 76.1 Å². The minimum atomic E-state index is -1.14. The molecule has 3 aromatic rings. The van der Waals surface area contributed by atoms with Gasteiger partial charge in [-0.25, -0.2) is 9.97 Å². The maximum Gasteiger partial charge on any atom is 0.256 e. The summed E-state index contributed by atoms with van der Waals surface area (Å²) in [6.45, 7) is 13.4. The smallest absolute Gasteiger partial charge is 0.256 e. The van der Waals surface area contributed by atoms with Gasteiger partial charge in [0.2, 0.25) is 17.8 Å². The third-order valence-electron chi connectivity index (χ3n) is 9.62. The molecule has 0 unspecified atom stereocenters. The zero-order chi connectivity index (χ0) is 39.9. The van der Waals surface area contributed by atoms with Crippen molar-refractivity contribution in [2.45, 2.75) is 57.7 Å². The molecule has 56 heavy (non-hydrogen) atoms. The Morgan fingerprint density at radius 1 is 0.964 bits per heavy atom. The lowest BCUT2D eigenvalue weighted by atomic mass is 10.1. The van der Waals surface area contributed by atoms with Crippen LogP contribution in [0.4, 0.5) is 29.0 Å². The number of hydrogen-bond acceptors (Lipinski definition) is 13. The highest BCUT2D eigenvalue weighted by atomic mass is 16.5. The molecule has 2 aromatic heterocycles. The van der Waals surface area contributed by atoms with Crippen LogP contribution in [0.15, 0.2) is 61.3 Å². The Kier molecular flexibility index (Phi) is 15.5. The maximum atomic E-state index is 12.9. The molecule has 0 aliphatic carbocycles. The van der Waals surface area contributed by atoms with Crippen molar-refractivity contribution < 1.29 is 29.3 Å². The van der Waals surface area contributed by atoms with Crippen molar-refractivity contribution in [3.8, 4) is 0 Å². The van der Waals surface area contributed by atoms with Crippen LogP contribution in [0.25, 0.3) is 0 Å². The number of pyridine rings is 1. The molecule has 2 aliphatic heterocycles. The standard InChI is InChI=1S/C40H56N10O6/c1-4-17-41-38(54)32-25-43-39(47-37(32)46-34-11-9-10-33(45-34)40(2,3)55)44-29-12-14-30(15-13-29)49-22-20-48(21-23-49)18-7-5-6-8-24-56-28-35(52)42-26-36(53)50-19-16-31(51)27-50/h4,9-15,25,31,51,55H,1,5-8,16-24,26-28H2,2-3H3,(H,41,54)(H,42,52)(H2,43,44,45,46,47)/t31-/m1/s1. The van der Waals surface area contributed by atoms with Crippen LogP contribution >= 0.6 is 0 Å². The number of piperazine rings is 1. The number of anilines is 5. The number of carbonyl (C=O) groups is 3. The van der Waals surface area contributed by atoms with E-state index in [0.717, 1.165) is 69.8 Å². The Bertz CT molecular complexity index is 1760. The van der Waals surface area contributed by atoms with Crippen LogP contribution < -0.4 is 26.2 Å². The molecule has 16 nitrogen and oxygen atoms in total. The summed E-state index contributed by atoms with van der Waals surface area (Å²) in [7, 11) is 0. The molecule has 5 rings (SSSR count). The second kappa shape index (κ2) is 20.7. The minimum Gasteiger partial charge on any atom is -0.391 e. The third-order valence-corrected chi connectivity index (χ3v) is 9.62. The molecule has 1 aromatic carbocycles. The van der Waals surface area contributed by atoms with Crippen molar-refractivity contribution in [1.82, 2.24) is 35.4 Å². The molecule has 2 fully saturated rings. The lowest BCUT2D eigenvalue weighted by Crippen LogP contribution is -2.46. The van der Waals surface area contributed by atoms with E-state index in [1.807, 2.05) is 12.1 Å². The molecule has 0 radical (unpaired) electrons. The molecule has 0 spiro atoms. The van der Waals surface area contributed by atoms with Crippen LogP contribution in [-0.2, 0) is 19.9 Å². The number of β-amino-alcohol motifs (C(OH)–C–C–N with tert-alkyl or cyclic N) is 1. The number of ether oxygens (including phenoxy) is 1. The number of nitrogens with zero attached hydrogens (tertiary/aromatic N) is 6. The molecule has 2 saturated heterocycles. The number of unbranched alkanes of at least 4 members (excludes halogenated alkanes) is 3. The molecular formula is C40H56N10O6. The summed E-state index contributed by atoms with van der Waals surface area (Å²) in [6, 6.07) is 13.4. The lowest BCUT2D eigenvalue weighted by Gasteiger charge is -2.36. The fraction of sp³-hybridized carbons (Fsp3) is 0.500. The van der Waals surface area contributed by atoms with Crippen molar-refractivity contribution in [3.63, 3.8) is 0 Å². The Labute approximate surface area is 328 Å². The summed E-state index contributed by atoms with van der Waals surface area (Å²) in [4.78, 5) is 56.9. The van der Waals surface area contributed by atoms with Gasteiger partial charge in [-0.3, -0.25) is 19.3 Å². The predicted octanol–water partition coefficient (Wildman–Crippen LogP) is 2.91. The summed E-state index contributed by atoms with van der Waals surface area (Å²) in [5.74, 6) is 0.132. The van der Waals surface area contributed by atoms with Gasteiger partial charge < -0.3 is 46.0 Å². The highest BCUT2D eigenvalue weighted by Gasteiger charge is 2.25. The van der Waals surface area contributed by atoms with E-state index in [1.54, 1.807) is 43.0 Å². The molecule has 1 atom stereocenters. The predicted molar refractivity (Wildman–Crippen MR) is 215 cm³/mol. The number of aromatic nitrogens is 3. The first-order valence-electron chi connectivity index (χ1n) is 19.4. The van der Waals surface area contributed by atoms with Crippen LogP contribution in [0.1, 0.15) is 62.0 Å². The van der Waals surface area contributed by atoms with Gasteiger partial charge >= 0.3 is 0 Å². The topological polar surface area (TPSA) is 197 Å². The SMILES string of the molecule is C=CCNC(=O)c1cnc(Nc2ccc(N3CCN(CCCCCCOCC(=O)NCC(=O)N4CC[C@@H](O)C4)CC3)cc2)nc1Nc1cccc(C(C)(C)O)n1. The number of aliphatic hydroxyl groups is 2. The zero-order valence-electron chi connectivity index (χ0n) is 32.5. The summed E-state index contributed by atoms with van der Waals surface area (Å²) >= 11 is 0. The first-order valence-corrected chi connectivity index (χ1v) is 19.4. The Hall–Kier alpha value is -5.16. The van der Waals surface area contributed by atoms with E-state index in [4.69, 9.17) is 4.74 Å². The Morgan fingerprint density at radius 2 is 1.73 bits per heavy atom. The largest absolute Gasteiger partial charge is 0.391 e. The quantitative estimate of drug-likeness (QED) is 0.0725. The molecule has 6 N–H and O–H groups in total. The number of aliphatic hydroxyl groups excluding tert-OH is 1. The number of nitrogens with one attached hydrogen (secondary N) is 4. The Morgan fingerprint density at radius 3 is 2.45 bits per heavy atom. The van der Waals surface area contributed by atoms with E-state index in [2.05, 4.69) is 64.7 Å². The fourth-order valence-electron chi connectivity index (χ4n) is 6.41.